The highest BCUT2D eigenvalue weighted by atomic mass is 19.1. The molecule has 5 nitrogen and oxygen atoms in total. The minimum atomic E-state index is -1.83. The number of hydrogen-bond donors (Lipinski definition) is 3. The molecule has 0 spiro atoms. The number of halogens is 1. The normalized spacial score (nSPS) is 53.1. The van der Waals surface area contributed by atoms with Gasteiger partial charge >= 0.3 is 0 Å². The number of hydrogen-bond acceptors (Lipinski definition) is 5. The van der Waals surface area contributed by atoms with Gasteiger partial charge in [0, 0.05) is 11.8 Å². The molecular formula is C22H31FO5. The van der Waals surface area contributed by atoms with E-state index in [1.807, 2.05) is 6.92 Å². The SMILES string of the molecule is C[C@H]1C[C@@]2(O)[C@@H]3C[C@@H](F)C4=CC(=O)CC[C@]4(C)[C@H]3CC[C@]2(C)[C@]1(O)C(=O)CO. The highest BCUT2D eigenvalue weighted by Gasteiger charge is 2.75. The lowest BCUT2D eigenvalue weighted by atomic mass is 9.44. The van der Waals surface area contributed by atoms with Crippen molar-refractivity contribution in [3.05, 3.63) is 11.6 Å². The van der Waals surface area contributed by atoms with Gasteiger partial charge in [-0.2, -0.15) is 0 Å². The Morgan fingerprint density at radius 3 is 2.57 bits per heavy atom. The first kappa shape index (κ1) is 20.2. The van der Waals surface area contributed by atoms with Crippen LogP contribution in [0.1, 0.15) is 59.3 Å². The Balaban J connectivity index is 1.81. The molecule has 8 atom stereocenters. The summed E-state index contributed by atoms with van der Waals surface area (Å²) in [5, 5.41) is 32.8. The lowest BCUT2D eigenvalue weighted by molar-refractivity contribution is -0.222. The molecule has 0 bridgehead atoms. The number of carbonyl (C=O) groups excluding carboxylic acids is 2. The first-order valence-electron chi connectivity index (χ1n) is 10.4. The molecule has 28 heavy (non-hydrogen) atoms. The van der Waals surface area contributed by atoms with E-state index >= 15 is 4.39 Å². The van der Waals surface area contributed by atoms with Gasteiger partial charge in [0.1, 0.15) is 18.4 Å². The molecule has 3 saturated carbocycles. The summed E-state index contributed by atoms with van der Waals surface area (Å²) < 4.78 is 15.3. The predicted octanol–water partition coefficient (Wildman–Crippen LogP) is 2.12. The van der Waals surface area contributed by atoms with Crippen molar-refractivity contribution < 1.29 is 29.3 Å². The molecule has 3 fully saturated rings. The minimum Gasteiger partial charge on any atom is -0.389 e. The molecule has 0 radical (unpaired) electrons. The van der Waals surface area contributed by atoms with E-state index in [0.717, 1.165) is 0 Å². The second-order valence-corrected chi connectivity index (χ2v) is 10.1. The van der Waals surface area contributed by atoms with Gasteiger partial charge in [-0.05, 0) is 66.9 Å². The molecule has 0 aliphatic heterocycles. The molecule has 0 amide bonds. The molecule has 0 unspecified atom stereocenters. The number of alkyl halides is 1. The Morgan fingerprint density at radius 1 is 1.25 bits per heavy atom. The van der Waals surface area contributed by atoms with Crippen LogP contribution < -0.4 is 0 Å². The molecule has 3 N–H and O–H groups in total. The second kappa shape index (κ2) is 5.96. The number of carbonyl (C=O) groups is 2. The Kier molecular flexibility index (Phi) is 4.29. The Bertz CT molecular complexity index is 764. The fourth-order valence-electron chi connectivity index (χ4n) is 7.62. The highest BCUT2D eigenvalue weighted by molar-refractivity contribution is 5.92. The third-order valence-corrected chi connectivity index (χ3v) is 9.23. The molecule has 0 heterocycles. The summed E-state index contributed by atoms with van der Waals surface area (Å²) >= 11 is 0. The van der Waals surface area contributed by atoms with E-state index in [4.69, 9.17) is 0 Å². The van der Waals surface area contributed by atoms with Crippen molar-refractivity contribution in [1.82, 2.24) is 0 Å². The molecule has 4 aliphatic rings. The standard InChI is InChI=1S/C22H31FO5/c1-12-10-21(27)15-9-17(23)16-8-13(25)4-6-19(16,2)14(15)5-7-20(21,3)22(12,28)18(26)11-24/h8,12,14-15,17,24,27-28H,4-7,9-11H2,1-3H3/t12-,14-,15+,17+,19+,20-,21+,22+/m0/s1. The molecule has 4 aliphatic carbocycles. The van der Waals surface area contributed by atoms with Crippen molar-refractivity contribution in [3.63, 3.8) is 0 Å². The van der Waals surface area contributed by atoms with Crippen LogP contribution in [0.3, 0.4) is 0 Å². The molecule has 0 aromatic rings. The number of allylic oxidation sites excluding steroid dienone is 1. The molecule has 0 aromatic heterocycles. The maximum atomic E-state index is 15.3. The van der Waals surface area contributed by atoms with Crippen molar-refractivity contribution in [2.75, 3.05) is 6.61 Å². The van der Waals surface area contributed by atoms with Gasteiger partial charge in [0.15, 0.2) is 11.6 Å². The summed E-state index contributed by atoms with van der Waals surface area (Å²) in [4.78, 5) is 24.5. The van der Waals surface area contributed by atoms with E-state index in [9.17, 15) is 24.9 Å². The third-order valence-electron chi connectivity index (χ3n) is 9.23. The zero-order valence-corrected chi connectivity index (χ0v) is 16.9. The first-order valence-corrected chi connectivity index (χ1v) is 10.4. The average molecular weight is 394 g/mol. The lowest BCUT2D eigenvalue weighted by Gasteiger charge is -2.62. The smallest absolute Gasteiger partial charge is 0.190 e. The molecule has 4 rings (SSSR count). The van der Waals surface area contributed by atoms with E-state index < -0.39 is 52.4 Å². The van der Waals surface area contributed by atoms with Crippen LogP contribution >= 0.6 is 0 Å². The van der Waals surface area contributed by atoms with Gasteiger partial charge in [-0.15, -0.1) is 0 Å². The quantitative estimate of drug-likeness (QED) is 0.667. The molecule has 6 heteroatoms. The average Bonchev–Trinajstić information content (AvgIpc) is 2.81. The van der Waals surface area contributed by atoms with Crippen molar-refractivity contribution in [2.24, 2.45) is 28.6 Å². The van der Waals surface area contributed by atoms with Crippen molar-refractivity contribution in [2.45, 2.75) is 76.7 Å². The third kappa shape index (κ3) is 2.12. The summed E-state index contributed by atoms with van der Waals surface area (Å²) in [5.74, 6) is -1.64. The number of ketones is 2. The minimum absolute atomic E-state index is 0.00398. The highest BCUT2D eigenvalue weighted by Crippen LogP contribution is 2.70. The van der Waals surface area contributed by atoms with Gasteiger partial charge in [0.25, 0.3) is 0 Å². The van der Waals surface area contributed by atoms with Crippen molar-refractivity contribution in [3.8, 4) is 0 Å². The number of fused-ring (bicyclic) bond motifs is 5. The lowest BCUT2D eigenvalue weighted by Crippen LogP contribution is -2.67. The number of rotatable bonds is 2. The zero-order valence-electron chi connectivity index (χ0n) is 16.9. The van der Waals surface area contributed by atoms with E-state index in [2.05, 4.69) is 0 Å². The summed E-state index contributed by atoms with van der Waals surface area (Å²) in [7, 11) is 0. The van der Waals surface area contributed by atoms with E-state index in [0.29, 0.717) is 31.3 Å². The maximum absolute atomic E-state index is 15.3. The van der Waals surface area contributed by atoms with Gasteiger partial charge < -0.3 is 15.3 Å². The summed E-state index contributed by atoms with van der Waals surface area (Å²) in [6.45, 7) is 4.68. The van der Waals surface area contributed by atoms with Crippen LogP contribution in [0.25, 0.3) is 0 Å². The largest absolute Gasteiger partial charge is 0.389 e. The Hall–Kier alpha value is -1.11. The van der Waals surface area contributed by atoms with Crippen molar-refractivity contribution in [1.29, 1.82) is 0 Å². The summed E-state index contributed by atoms with van der Waals surface area (Å²) in [6, 6.07) is 0. The zero-order chi connectivity index (χ0) is 20.7. The van der Waals surface area contributed by atoms with Crippen molar-refractivity contribution >= 4 is 11.6 Å². The predicted molar refractivity (Wildman–Crippen MR) is 100 cm³/mol. The van der Waals surface area contributed by atoms with Gasteiger partial charge in [-0.25, -0.2) is 4.39 Å². The van der Waals surface area contributed by atoms with Gasteiger partial charge in [0.2, 0.25) is 0 Å². The summed E-state index contributed by atoms with van der Waals surface area (Å²) in [5.41, 5.74) is -4.28. The fraction of sp³-hybridized carbons (Fsp3) is 0.818. The van der Waals surface area contributed by atoms with Gasteiger partial charge in [0.05, 0.1) is 5.60 Å². The van der Waals surface area contributed by atoms with E-state index in [-0.39, 0.29) is 24.5 Å². The van der Waals surface area contributed by atoms with Crippen LogP contribution in [0.4, 0.5) is 4.39 Å². The van der Waals surface area contributed by atoms with Gasteiger partial charge in [-0.1, -0.05) is 20.8 Å². The fourth-order valence-corrected chi connectivity index (χ4v) is 7.62. The first-order chi connectivity index (χ1) is 13.0. The number of Topliss-reactive ketones (excluding diaryl/α,β-unsaturated/α-hetero) is 1. The van der Waals surface area contributed by atoms with Crippen LogP contribution in [0.15, 0.2) is 11.6 Å². The van der Waals surface area contributed by atoms with Crippen LogP contribution in [-0.2, 0) is 9.59 Å². The van der Waals surface area contributed by atoms with E-state index in [1.54, 1.807) is 13.8 Å². The van der Waals surface area contributed by atoms with Crippen LogP contribution in [-0.4, -0.2) is 50.9 Å². The second-order valence-electron chi connectivity index (χ2n) is 10.1. The van der Waals surface area contributed by atoms with Crippen LogP contribution in [0, 0.1) is 28.6 Å². The van der Waals surface area contributed by atoms with Crippen LogP contribution in [0.2, 0.25) is 0 Å². The molecular weight excluding hydrogens is 363 g/mol. The Morgan fingerprint density at radius 2 is 1.93 bits per heavy atom. The topological polar surface area (TPSA) is 94.8 Å². The molecule has 0 aromatic carbocycles. The number of aliphatic hydroxyl groups is 3. The Labute approximate surface area is 165 Å². The van der Waals surface area contributed by atoms with Gasteiger partial charge in [-0.3, -0.25) is 9.59 Å². The maximum Gasteiger partial charge on any atom is 0.190 e. The monoisotopic (exact) mass is 394 g/mol. The summed E-state index contributed by atoms with van der Waals surface area (Å²) in [6.07, 6.45) is 2.49. The van der Waals surface area contributed by atoms with E-state index in [1.165, 1.54) is 6.08 Å². The van der Waals surface area contributed by atoms with Crippen LogP contribution in [0.5, 0.6) is 0 Å². The molecule has 156 valence electrons. The number of aliphatic hydroxyl groups excluding tert-OH is 1. The molecule has 0 saturated heterocycles.